The molecular weight excluding hydrogens is 264 g/mol. The number of nitrogens with one attached hydrogen (secondary N) is 1. The molecular formula is C13H16N2O3S. The first kappa shape index (κ1) is 12.6. The summed E-state index contributed by atoms with van der Waals surface area (Å²) < 4.78 is 4.89. The van der Waals surface area contributed by atoms with Gasteiger partial charge in [0.1, 0.15) is 5.69 Å². The van der Waals surface area contributed by atoms with E-state index in [1.54, 1.807) is 10.9 Å². The van der Waals surface area contributed by atoms with E-state index >= 15 is 0 Å². The third-order valence-corrected chi connectivity index (χ3v) is 4.94. The van der Waals surface area contributed by atoms with Crippen molar-refractivity contribution in [3.05, 3.63) is 16.6 Å². The molecule has 4 atom stereocenters. The number of carbonyl (C=O) groups excluding carboxylic acids is 2. The van der Waals surface area contributed by atoms with Gasteiger partial charge in [0, 0.05) is 11.4 Å². The highest BCUT2D eigenvalue weighted by atomic mass is 32.1. The van der Waals surface area contributed by atoms with Crippen molar-refractivity contribution >= 4 is 23.2 Å². The van der Waals surface area contributed by atoms with Crippen LogP contribution in [0.2, 0.25) is 0 Å². The van der Waals surface area contributed by atoms with Crippen LogP contribution in [0.4, 0.5) is 0 Å². The van der Waals surface area contributed by atoms with E-state index in [2.05, 4.69) is 10.3 Å². The number of rotatable bonds is 3. The van der Waals surface area contributed by atoms with Crippen molar-refractivity contribution in [1.82, 2.24) is 10.3 Å². The molecule has 0 aliphatic heterocycles. The SMILES string of the molecule is COC(=O)[C@H]1[C@H]2CC[C@@H](C2)[C@H]1NC(=O)c1cscn1. The van der Waals surface area contributed by atoms with Crippen molar-refractivity contribution in [2.75, 3.05) is 7.11 Å². The lowest BCUT2D eigenvalue weighted by Crippen LogP contribution is -2.47. The Morgan fingerprint density at radius 2 is 2.21 bits per heavy atom. The van der Waals surface area contributed by atoms with Gasteiger partial charge in [-0.25, -0.2) is 4.98 Å². The van der Waals surface area contributed by atoms with Crippen LogP contribution in [0.5, 0.6) is 0 Å². The normalized spacial score (nSPS) is 32.3. The Morgan fingerprint density at radius 1 is 1.42 bits per heavy atom. The molecule has 1 amide bonds. The van der Waals surface area contributed by atoms with Gasteiger partial charge in [0.25, 0.3) is 5.91 Å². The second kappa shape index (κ2) is 4.92. The molecule has 1 heterocycles. The largest absolute Gasteiger partial charge is 0.469 e. The number of carbonyl (C=O) groups is 2. The van der Waals surface area contributed by atoms with Crippen LogP contribution in [-0.2, 0) is 9.53 Å². The van der Waals surface area contributed by atoms with Gasteiger partial charge in [0.15, 0.2) is 0 Å². The molecule has 0 aromatic carbocycles. The van der Waals surface area contributed by atoms with Gasteiger partial charge in [-0.1, -0.05) is 0 Å². The average molecular weight is 280 g/mol. The van der Waals surface area contributed by atoms with Crippen molar-refractivity contribution < 1.29 is 14.3 Å². The van der Waals surface area contributed by atoms with Crippen LogP contribution in [-0.4, -0.2) is 30.0 Å². The molecule has 2 aliphatic rings. The third-order valence-electron chi connectivity index (χ3n) is 4.35. The molecule has 3 rings (SSSR count). The predicted octanol–water partition coefficient (Wildman–Crippen LogP) is 1.46. The highest BCUT2D eigenvalue weighted by Gasteiger charge is 2.52. The second-order valence-corrected chi connectivity index (χ2v) is 5.97. The fourth-order valence-electron chi connectivity index (χ4n) is 3.52. The standard InChI is InChI=1S/C13H16N2O3S/c1-18-13(17)10-7-2-3-8(4-7)11(10)15-12(16)9-5-19-6-14-9/h5-8,10-11H,2-4H2,1H3,(H,15,16)/t7-,8-,10-,11+/m0/s1. The van der Waals surface area contributed by atoms with E-state index in [0.717, 1.165) is 19.3 Å². The van der Waals surface area contributed by atoms with Crippen LogP contribution in [0.1, 0.15) is 29.8 Å². The quantitative estimate of drug-likeness (QED) is 0.851. The van der Waals surface area contributed by atoms with E-state index in [1.165, 1.54) is 18.4 Å². The number of amides is 1. The van der Waals surface area contributed by atoms with E-state index in [1.807, 2.05) is 0 Å². The predicted molar refractivity (Wildman–Crippen MR) is 69.7 cm³/mol. The van der Waals surface area contributed by atoms with Gasteiger partial charge in [0.05, 0.1) is 18.5 Å². The molecule has 19 heavy (non-hydrogen) atoms. The van der Waals surface area contributed by atoms with Crippen molar-refractivity contribution in [1.29, 1.82) is 0 Å². The van der Waals surface area contributed by atoms with E-state index in [0.29, 0.717) is 17.5 Å². The molecule has 1 aromatic rings. The molecule has 2 bridgehead atoms. The Kier molecular flexibility index (Phi) is 3.26. The van der Waals surface area contributed by atoms with Gasteiger partial charge in [-0.15, -0.1) is 11.3 Å². The summed E-state index contributed by atoms with van der Waals surface area (Å²) in [4.78, 5) is 28.0. The van der Waals surface area contributed by atoms with Gasteiger partial charge in [0.2, 0.25) is 0 Å². The van der Waals surface area contributed by atoms with Gasteiger partial charge in [-0.2, -0.15) is 0 Å². The zero-order chi connectivity index (χ0) is 13.4. The molecule has 5 nitrogen and oxygen atoms in total. The summed E-state index contributed by atoms with van der Waals surface area (Å²) in [6, 6.07) is -0.0969. The monoisotopic (exact) mass is 280 g/mol. The summed E-state index contributed by atoms with van der Waals surface area (Å²) in [6.07, 6.45) is 3.16. The van der Waals surface area contributed by atoms with Crippen LogP contribution in [0, 0.1) is 17.8 Å². The van der Waals surface area contributed by atoms with Crippen molar-refractivity contribution in [2.45, 2.75) is 25.3 Å². The lowest BCUT2D eigenvalue weighted by molar-refractivity contribution is -0.148. The maximum atomic E-state index is 12.1. The van der Waals surface area contributed by atoms with E-state index in [-0.39, 0.29) is 23.8 Å². The summed E-state index contributed by atoms with van der Waals surface area (Å²) >= 11 is 1.39. The second-order valence-electron chi connectivity index (χ2n) is 5.26. The third kappa shape index (κ3) is 2.14. The number of methoxy groups -OCH3 is 1. The first-order valence-corrected chi connectivity index (χ1v) is 7.42. The van der Waals surface area contributed by atoms with Crippen molar-refractivity contribution in [3.63, 3.8) is 0 Å². The zero-order valence-electron chi connectivity index (χ0n) is 10.7. The minimum absolute atomic E-state index is 0.0969. The minimum atomic E-state index is -0.198. The Morgan fingerprint density at radius 3 is 2.89 bits per heavy atom. The van der Waals surface area contributed by atoms with Crippen molar-refractivity contribution in [3.8, 4) is 0 Å². The van der Waals surface area contributed by atoms with Crippen LogP contribution in [0.15, 0.2) is 10.9 Å². The van der Waals surface area contributed by atoms with Crippen LogP contribution >= 0.6 is 11.3 Å². The van der Waals surface area contributed by atoms with Crippen LogP contribution in [0.3, 0.4) is 0 Å². The van der Waals surface area contributed by atoms with Crippen LogP contribution in [0.25, 0.3) is 0 Å². The smallest absolute Gasteiger partial charge is 0.311 e. The highest BCUT2D eigenvalue weighted by Crippen LogP contribution is 2.48. The molecule has 2 saturated carbocycles. The van der Waals surface area contributed by atoms with Crippen molar-refractivity contribution in [2.24, 2.45) is 17.8 Å². The Labute approximate surface area is 115 Å². The maximum absolute atomic E-state index is 12.1. The number of nitrogens with zero attached hydrogens (tertiary/aromatic N) is 1. The van der Waals surface area contributed by atoms with E-state index < -0.39 is 0 Å². The zero-order valence-corrected chi connectivity index (χ0v) is 11.5. The lowest BCUT2D eigenvalue weighted by Gasteiger charge is -2.29. The summed E-state index contributed by atoms with van der Waals surface area (Å²) in [6.45, 7) is 0. The summed E-state index contributed by atoms with van der Waals surface area (Å²) in [5, 5.41) is 4.70. The fourth-order valence-corrected chi connectivity index (χ4v) is 4.06. The number of esters is 1. The molecule has 0 spiro atoms. The molecule has 6 heteroatoms. The van der Waals surface area contributed by atoms with E-state index in [9.17, 15) is 9.59 Å². The molecule has 0 unspecified atom stereocenters. The summed E-state index contributed by atoms with van der Waals surface area (Å²) in [7, 11) is 1.41. The lowest BCUT2D eigenvalue weighted by atomic mass is 9.84. The van der Waals surface area contributed by atoms with Gasteiger partial charge < -0.3 is 10.1 Å². The summed E-state index contributed by atoms with van der Waals surface area (Å²) in [5.74, 6) is 0.185. The van der Waals surface area contributed by atoms with Gasteiger partial charge in [-0.3, -0.25) is 9.59 Å². The number of ether oxygens (including phenoxy) is 1. The van der Waals surface area contributed by atoms with Gasteiger partial charge >= 0.3 is 5.97 Å². The number of hydrogen-bond acceptors (Lipinski definition) is 5. The Balaban J connectivity index is 1.75. The fraction of sp³-hybridized carbons (Fsp3) is 0.615. The number of thiazole rings is 1. The first-order valence-electron chi connectivity index (χ1n) is 6.47. The molecule has 0 radical (unpaired) electrons. The number of fused-ring (bicyclic) bond motifs is 2. The van der Waals surface area contributed by atoms with Gasteiger partial charge in [-0.05, 0) is 31.1 Å². The Hall–Kier alpha value is -1.43. The average Bonchev–Trinajstić information content (AvgIpc) is 3.13. The Bertz CT molecular complexity index is 488. The van der Waals surface area contributed by atoms with E-state index in [4.69, 9.17) is 4.74 Å². The first-order chi connectivity index (χ1) is 9.20. The van der Waals surface area contributed by atoms with Crippen LogP contribution < -0.4 is 5.32 Å². The minimum Gasteiger partial charge on any atom is -0.469 e. The molecule has 0 saturated heterocycles. The highest BCUT2D eigenvalue weighted by molar-refractivity contribution is 7.07. The maximum Gasteiger partial charge on any atom is 0.311 e. The summed E-state index contributed by atoms with van der Waals surface area (Å²) in [5.41, 5.74) is 2.06. The molecule has 2 fully saturated rings. The molecule has 1 aromatic heterocycles. The molecule has 102 valence electrons. The topological polar surface area (TPSA) is 68.3 Å². The molecule has 2 aliphatic carbocycles. The number of aromatic nitrogens is 1. The number of hydrogen-bond donors (Lipinski definition) is 1. The molecule has 1 N–H and O–H groups in total.